The van der Waals surface area contributed by atoms with Crippen LogP contribution < -0.4 is 5.73 Å². The summed E-state index contributed by atoms with van der Waals surface area (Å²) in [5.74, 6) is -2.21. The van der Waals surface area contributed by atoms with E-state index in [-0.39, 0.29) is 5.56 Å². The molecule has 0 aliphatic heterocycles. The highest BCUT2D eigenvalue weighted by Crippen LogP contribution is 2.32. The first kappa shape index (κ1) is 13.3. The van der Waals surface area contributed by atoms with Crippen molar-refractivity contribution >= 4 is 23.3 Å². The molecule has 1 aromatic heterocycles. The van der Waals surface area contributed by atoms with Gasteiger partial charge in [-0.05, 0) is 34.7 Å². The minimum Gasteiger partial charge on any atom is -0.480 e. The Labute approximate surface area is 112 Å². The van der Waals surface area contributed by atoms with E-state index in [0.717, 1.165) is 4.88 Å². The third-order valence-electron chi connectivity index (χ3n) is 2.69. The van der Waals surface area contributed by atoms with Gasteiger partial charge in [-0.2, -0.15) is 0 Å². The average Bonchev–Trinajstić information content (AvgIpc) is 2.90. The van der Waals surface area contributed by atoms with Crippen LogP contribution in [0.25, 0.3) is 10.4 Å². The van der Waals surface area contributed by atoms with Gasteiger partial charge in [0.15, 0.2) is 0 Å². The molecule has 1 aromatic carbocycles. The number of carbonyl (C=O) groups is 2. The zero-order valence-corrected chi connectivity index (χ0v) is 10.6. The van der Waals surface area contributed by atoms with Crippen molar-refractivity contribution in [1.29, 1.82) is 0 Å². The van der Waals surface area contributed by atoms with Crippen molar-refractivity contribution in [1.82, 2.24) is 0 Å². The third kappa shape index (κ3) is 2.64. The SMILES string of the molecule is NC(C(=O)O)c1ccc(C(=O)O)cc1-c1cccs1. The van der Waals surface area contributed by atoms with E-state index in [1.807, 2.05) is 11.4 Å². The monoisotopic (exact) mass is 277 g/mol. The molecular formula is C13H11NO4S. The van der Waals surface area contributed by atoms with Crippen molar-refractivity contribution < 1.29 is 19.8 Å². The predicted octanol–water partition coefficient (Wildman–Crippen LogP) is 2.20. The van der Waals surface area contributed by atoms with Crippen LogP contribution in [-0.2, 0) is 4.79 Å². The lowest BCUT2D eigenvalue weighted by Gasteiger charge is -2.13. The Kier molecular flexibility index (Phi) is 3.64. The molecule has 1 heterocycles. The van der Waals surface area contributed by atoms with Crippen LogP contribution in [0.2, 0.25) is 0 Å². The van der Waals surface area contributed by atoms with Crippen molar-refractivity contribution in [3.05, 3.63) is 46.8 Å². The minimum absolute atomic E-state index is 0.102. The largest absolute Gasteiger partial charge is 0.480 e. The van der Waals surface area contributed by atoms with Gasteiger partial charge in [-0.1, -0.05) is 12.1 Å². The van der Waals surface area contributed by atoms with Crippen LogP contribution in [0, 0.1) is 0 Å². The second-order valence-corrected chi connectivity index (χ2v) is 4.85. The number of benzene rings is 1. The summed E-state index contributed by atoms with van der Waals surface area (Å²) in [5, 5.41) is 19.8. The van der Waals surface area contributed by atoms with Crippen LogP contribution in [0.4, 0.5) is 0 Å². The van der Waals surface area contributed by atoms with Gasteiger partial charge in [0.2, 0.25) is 0 Å². The predicted molar refractivity (Wildman–Crippen MR) is 71.3 cm³/mol. The van der Waals surface area contributed by atoms with Gasteiger partial charge in [0, 0.05) is 4.88 Å². The number of aliphatic carboxylic acids is 1. The zero-order chi connectivity index (χ0) is 14.0. The van der Waals surface area contributed by atoms with Gasteiger partial charge in [0.25, 0.3) is 0 Å². The number of carboxylic acids is 2. The summed E-state index contributed by atoms with van der Waals surface area (Å²) in [4.78, 5) is 22.8. The molecule has 0 fully saturated rings. The second kappa shape index (κ2) is 5.21. The third-order valence-corrected chi connectivity index (χ3v) is 3.59. The van der Waals surface area contributed by atoms with Crippen LogP contribution in [0.5, 0.6) is 0 Å². The summed E-state index contributed by atoms with van der Waals surface area (Å²) in [7, 11) is 0. The highest BCUT2D eigenvalue weighted by Gasteiger charge is 2.20. The quantitative estimate of drug-likeness (QED) is 0.795. The van der Waals surface area contributed by atoms with Crippen LogP contribution in [0.15, 0.2) is 35.7 Å². The molecule has 0 radical (unpaired) electrons. The van der Waals surface area contributed by atoms with Gasteiger partial charge in [-0.15, -0.1) is 11.3 Å². The molecule has 2 rings (SSSR count). The molecule has 4 N–H and O–H groups in total. The molecule has 5 nitrogen and oxygen atoms in total. The first-order valence-electron chi connectivity index (χ1n) is 5.40. The van der Waals surface area contributed by atoms with Gasteiger partial charge in [-0.3, -0.25) is 4.79 Å². The molecule has 19 heavy (non-hydrogen) atoms. The lowest BCUT2D eigenvalue weighted by molar-refractivity contribution is -0.138. The first-order chi connectivity index (χ1) is 9.00. The number of carboxylic acid groups (broad SMARTS) is 2. The van der Waals surface area contributed by atoms with Crippen LogP contribution >= 0.6 is 11.3 Å². The molecule has 1 unspecified atom stereocenters. The number of hydrogen-bond donors (Lipinski definition) is 3. The van der Waals surface area contributed by atoms with E-state index in [1.165, 1.54) is 29.5 Å². The van der Waals surface area contributed by atoms with Gasteiger partial charge in [0.1, 0.15) is 6.04 Å². The summed E-state index contributed by atoms with van der Waals surface area (Å²) < 4.78 is 0. The van der Waals surface area contributed by atoms with Crippen molar-refractivity contribution in [2.45, 2.75) is 6.04 Å². The number of nitrogens with two attached hydrogens (primary N) is 1. The Balaban J connectivity index is 2.61. The molecule has 6 heteroatoms. The molecule has 2 aromatic rings. The van der Waals surface area contributed by atoms with Crippen LogP contribution in [0.1, 0.15) is 22.0 Å². The molecule has 0 bridgehead atoms. The van der Waals surface area contributed by atoms with Crippen molar-refractivity contribution in [2.24, 2.45) is 5.73 Å². The van der Waals surface area contributed by atoms with Crippen molar-refractivity contribution in [3.63, 3.8) is 0 Å². The maximum atomic E-state index is 11.0. The summed E-state index contributed by atoms with van der Waals surface area (Å²) in [6, 6.07) is 6.69. The number of rotatable bonds is 4. The molecule has 1 atom stereocenters. The fourth-order valence-corrected chi connectivity index (χ4v) is 2.50. The Morgan fingerprint density at radius 3 is 2.47 bits per heavy atom. The topological polar surface area (TPSA) is 101 Å². The van der Waals surface area contributed by atoms with E-state index in [0.29, 0.717) is 11.1 Å². The minimum atomic E-state index is -1.18. The summed E-state index contributed by atoms with van der Waals surface area (Å²) in [6.07, 6.45) is 0. The van der Waals surface area contributed by atoms with E-state index in [4.69, 9.17) is 15.9 Å². The lowest BCUT2D eigenvalue weighted by atomic mass is 9.97. The maximum Gasteiger partial charge on any atom is 0.335 e. The normalized spacial score (nSPS) is 12.1. The summed E-state index contributed by atoms with van der Waals surface area (Å²) in [5.41, 5.74) is 6.68. The fraction of sp³-hybridized carbons (Fsp3) is 0.0769. The molecule has 0 saturated carbocycles. The second-order valence-electron chi connectivity index (χ2n) is 3.90. The standard InChI is InChI=1S/C13H11NO4S/c14-11(13(17)18)8-4-3-7(12(15)16)6-9(8)10-2-1-5-19-10/h1-6,11H,14H2,(H,15,16)(H,17,18). The highest BCUT2D eigenvalue weighted by molar-refractivity contribution is 7.13. The van der Waals surface area contributed by atoms with Gasteiger partial charge in [-0.25, -0.2) is 4.79 Å². The average molecular weight is 277 g/mol. The van der Waals surface area contributed by atoms with Crippen LogP contribution in [0.3, 0.4) is 0 Å². The smallest absolute Gasteiger partial charge is 0.335 e. The zero-order valence-electron chi connectivity index (χ0n) is 9.74. The first-order valence-corrected chi connectivity index (χ1v) is 6.28. The molecule has 0 aliphatic carbocycles. The Morgan fingerprint density at radius 2 is 1.95 bits per heavy atom. The van der Waals surface area contributed by atoms with Gasteiger partial charge >= 0.3 is 11.9 Å². The van der Waals surface area contributed by atoms with E-state index < -0.39 is 18.0 Å². The van der Waals surface area contributed by atoms with E-state index in [2.05, 4.69) is 0 Å². The highest BCUT2D eigenvalue weighted by atomic mass is 32.1. The van der Waals surface area contributed by atoms with Gasteiger partial charge in [0.05, 0.1) is 5.56 Å². The van der Waals surface area contributed by atoms with Crippen molar-refractivity contribution in [2.75, 3.05) is 0 Å². The summed E-state index contributed by atoms with van der Waals surface area (Å²) in [6.45, 7) is 0. The molecule has 0 amide bonds. The van der Waals surface area contributed by atoms with E-state index in [9.17, 15) is 9.59 Å². The molecule has 98 valence electrons. The molecule has 0 aliphatic rings. The fourth-order valence-electron chi connectivity index (χ4n) is 1.74. The summed E-state index contributed by atoms with van der Waals surface area (Å²) >= 11 is 1.40. The Hall–Kier alpha value is -2.18. The maximum absolute atomic E-state index is 11.0. The molecular weight excluding hydrogens is 266 g/mol. The number of aromatic carboxylic acids is 1. The molecule has 0 spiro atoms. The number of thiophene rings is 1. The Morgan fingerprint density at radius 1 is 1.21 bits per heavy atom. The molecule has 0 saturated heterocycles. The number of hydrogen-bond acceptors (Lipinski definition) is 4. The van der Waals surface area contributed by atoms with Crippen molar-refractivity contribution in [3.8, 4) is 10.4 Å². The van der Waals surface area contributed by atoms with Gasteiger partial charge < -0.3 is 15.9 Å². The lowest BCUT2D eigenvalue weighted by Crippen LogP contribution is -2.21. The van der Waals surface area contributed by atoms with E-state index >= 15 is 0 Å². The van der Waals surface area contributed by atoms with Crippen LogP contribution in [-0.4, -0.2) is 22.2 Å². The Bertz CT molecular complexity index is 622. The van der Waals surface area contributed by atoms with E-state index in [1.54, 1.807) is 6.07 Å².